The third kappa shape index (κ3) is 5.26. The van der Waals surface area contributed by atoms with E-state index in [1.165, 1.54) is 37.9 Å². The minimum absolute atomic E-state index is 0.179. The zero-order chi connectivity index (χ0) is 12.7. The van der Waals surface area contributed by atoms with Gasteiger partial charge >= 0.3 is 0 Å². The van der Waals surface area contributed by atoms with Gasteiger partial charge in [-0.3, -0.25) is 9.59 Å². The summed E-state index contributed by atoms with van der Waals surface area (Å²) in [5.74, 6) is -0.398. The van der Waals surface area contributed by atoms with Crippen molar-refractivity contribution < 1.29 is 9.59 Å². The summed E-state index contributed by atoms with van der Waals surface area (Å²) in [6, 6.07) is 0.260. The summed E-state index contributed by atoms with van der Waals surface area (Å²) in [7, 11) is 0. The highest BCUT2D eigenvalue weighted by molar-refractivity contribution is 8.01. The van der Waals surface area contributed by atoms with Gasteiger partial charge < -0.3 is 10.6 Å². The number of rotatable bonds is 4. The molecule has 2 N–H and O–H groups in total. The molecule has 0 saturated heterocycles. The van der Waals surface area contributed by atoms with Gasteiger partial charge in [0, 0.05) is 13.0 Å². The van der Waals surface area contributed by atoms with E-state index < -0.39 is 0 Å². The molecule has 0 spiro atoms. The van der Waals surface area contributed by atoms with Crippen LogP contribution in [-0.2, 0) is 9.59 Å². The highest BCUT2D eigenvalue weighted by Crippen LogP contribution is 2.17. The summed E-state index contributed by atoms with van der Waals surface area (Å²) in [5, 5.41) is 7.20. The van der Waals surface area contributed by atoms with E-state index in [1.54, 1.807) is 5.41 Å². The highest BCUT2D eigenvalue weighted by atomic mass is 32.2. The first kappa shape index (κ1) is 14.1. The molecule has 96 valence electrons. The van der Waals surface area contributed by atoms with Crippen molar-refractivity contribution >= 4 is 23.6 Å². The largest absolute Gasteiger partial charge is 0.348 e. The second-order valence-electron chi connectivity index (χ2n) is 4.26. The van der Waals surface area contributed by atoms with Gasteiger partial charge in [0.2, 0.25) is 5.91 Å². The fraction of sp³-hybridized carbons (Fsp3) is 0.667. The Morgan fingerprint density at radius 3 is 2.41 bits per heavy atom. The molecule has 0 aliphatic heterocycles. The van der Waals surface area contributed by atoms with Crippen LogP contribution in [0.15, 0.2) is 11.1 Å². The third-order valence-corrected chi connectivity index (χ3v) is 3.20. The van der Waals surface area contributed by atoms with Gasteiger partial charge in [0.05, 0.1) is 0 Å². The minimum atomic E-state index is -0.218. The summed E-state index contributed by atoms with van der Waals surface area (Å²) >= 11 is 1.40. The Morgan fingerprint density at radius 1 is 1.24 bits per heavy atom. The Balaban J connectivity index is 2.52. The first-order chi connectivity index (χ1) is 8.13. The lowest BCUT2D eigenvalue weighted by molar-refractivity contribution is -0.123. The van der Waals surface area contributed by atoms with Crippen LogP contribution in [0, 0.1) is 0 Å². The second kappa shape index (κ2) is 7.37. The molecule has 5 heteroatoms. The van der Waals surface area contributed by atoms with Gasteiger partial charge in [0.15, 0.2) is 0 Å². The molecular formula is C12H20N2O2S. The molecule has 0 unspecified atom stereocenters. The van der Waals surface area contributed by atoms with Crippen molar-refractivity contribution in [1.29, 1.82) is 0 Å². The Labute approximate surface area is 107 Å². The van der Waals surface area contributed by atoms with Crippen molar-refractivity contribution in [2.24, 2.45) is 0 Å². The van der Waals surface area contributed by atoms with Gasteiger partial charge in [0.1, 0.15) is 5.70 Å². The Hall–Kier alpha value is -0.970. The van der Waals surface area contributed by atoms with Crippen LogP contribution >= 0.6 is 11.8 Å². The number of hydrogen-bond acceptors (Lipinski definition) is 3. The number of nitrogens with one attached hydrogen (secondary N) is 2. The van der Waals surface area contributed by atoms with E-state index in [0.717, 1.165) is 12.8 Å². The Kier molecular flexibility index (Phi) is 6.11. The summed E-state index contributed by atoms with van der Waals surface area (Å²) in [6.45, 7) is 1.40. The van der Waals surface area contributed by atoms with E-state index in [1.807, 2.05) is 6.26 Å². The van der Waals surface area contributed by atoms with Crippen molar-refractivity contribution in [2.45, 2.75) is 45.1 Å². The number of hydrogen-bond donors (Lipinski definition) is 2. The molecule has 0 radical (unpaired) electrons. The first-order valence-electron chi connectivity index (χ1n) is 5.95. The third-order valence-electron chi connectivity index (χ3n) is 2.73. The first-order valence-corrected chi connectivity index (χ1v) is 7.23. The predicted molar refractivity (Wildman–Crippen MR) is 70.4 cm³/mol. The topological polar surface area (TPSA) is 58.2 Å². The summed E-state index contributed by atoms with van der Waals surface area (Å²) in [4.78, 5) is 22.9. The predicted octanol–water partition coefficient (Wildman–Crippen LogP) is 1.78. The van der Waals surface area contributed by atoms with Crippen LogP contribution in [0.4, 0.5) is 0 Å². The maximum absolute atomic E-state index is 11.9. The maximum atomic E-state index is 11.9. The van der Waals surface area contributed by atoms with E-state index in [4.69, 9.17) is 0 Å². The number of thioether (sulfide) groups is 1. The van der Waals surface area contributed by atoms with Crippen LogP contribution in [0.5, 0.6) is 0 Å². The molecule has 17 heavy (non-hydrogen) atoms. The fourth-order valence-corrected chi connectivity index (χ4v) is 2.36. The molecule has 4 nitrogen and oxygen atoms in total. The van der Waals surface area contributed by atoms with Crippen LogP contribution in [0.1, 0.15) is 39.0 Å². The molecule has 1 aliphatic rings. The van der Waals surface area contributed by atoms with E-state index in [2.05, 4.69) is 10.6 Å². The standard InChI is InChI=1S/C12H20N2O2S/c1-9(15)13-11(8-17-2)12(16)14-10-6-4-3-5-7-10/h8,10H,3-7H2,1-2H3,(H,13,15)(H,14,16)/b11-8-. The molecule has 1 saturated carbocycles. The molecule has 0 aromatic heterocycles. The zero-order valence-corrected chi connectivity index (χ0v) is 11.2. The lowest BCUT2D eigenvalue weighted by atomic mass is 9.95. The zero-order valence-electron chi connectivity index (χ0n) is 10.4. The lowest BCUT2D eigenvalue weighted by Gasteiger charge is -2.23. The molecule has 1 aliphatic carbocycles. The Bertz CT molecular complexity index is 310. The van der Waals surface area contributed by atoms with Crippen LogP contribution in [-0.4, -0.2) is 24.1 Å². The highest BCUT2D eigenvalue weighted by Gasteiger charge is 2.18. The van der Waals surface area contributed by atoms with E-state index in [9.17, 15) is 9.59 Å². The van der Waals surface area contributed by atoms with E-state index in [-0.39, 0.29) is 17.9 Å². The maximum Gasteiger partial charge on any atom is 0.268 e. The molecule has 0 atom stereocenters. The van der Waals surface area contributed by atoms with Crippen molar-refractivity contribution in [2.75, 3.05) is 6.26 Å². The number of amides is 2. The molecule has 2 amide bonds. The van der Waals surface area contributed by atoms with Gasteiger partial charge in [0.25, 0.3) is 5.91 Å². The summed E-state index contributed by atoms with van der Waals surface area (Å²) in [5.41, 5.74) is 0.343. The average Bonchev–Trinajstić information content (AvgIpc) is 2.29. The minimum Gasteiger partial charge on any atom is -0.348 e. The van der Waals surface area contributed by atoms with Gasteiger partial charge in [-0.05, 0) is 24.5 Å². The van der Waals surface area contributed by atoms with E-state index >= 15 is 0 Å². The normalized spacial score (nSPS) is 17.6. The molecular weight excluding hydrogens is 236 g/mol. The lowest BCUT2D eigenvalue weighted by Crippen LogP contribution is -2.40. The molecule has 1 rings (SSSR count). The van der Waals surface area contributed by atoms with E-state index in [0.29, 0.717) is 5.70 Å². The molecule has 0 aromatic carbocycles. The van der Waals surface area contributed by atoms with Crippen LogP contribution < -0.4 is 10.6 Å². The quantitative estimate of drug-likeness (QED) is 0.754. The average molecular weight is 256 g/mol. The van der Waals surface area contributed by atoms with Crippen molar-refractivity contribution in [3.05, 3.63) is 11.1 Å². The number of carbonyl (C=O) groups is 2. The molecule has 0 aromatic rings. The summed E-state index contributed by atoms with van der Waals surface area (Å²) < 4.78 is 0. The smallest absolute Gasteiger partial charge is 0.268 e. The van der Waals surface area contributed by atoms with Gasteiger partial charge in [-0.1, -0.05) is 19.3 Å². The fourth-order valence-electron chi connectivity index (χ4n) is 1.96. The van der Waals surface area contributed by atoms with Gasteiger partial charge in [-0.25, -0.2) is 0 Å². The van der Waals surface area contributed by atoms with Crippen molar-refractivity contribution in [1.82, 2.24) is 10.6 Å². The SMILES string of the molecule is CS/C=C(\NC(C)=O)C(=O)NC1CCCCC1. The van der Waals surface area contributed by atoms with Crippen molar-refractivity contribution in [3.8, 4) is 0 Å². The van der Waals surface area contributed by atoms with Crippen LogP contribution in [0.3, 0.4) is 0 Å². The number of carbonyl (C=O) groups excluding carboxylic acids is 2. The Morgan fingerprint density at radius 2 is 1.88 bits per heavy atom. The monoisotopic (exact) mass is 256 g/mol. The van der Waals surface area contributed by atoms with Crippen LogP contribution in [0.25, 0.3) is 0 Å². The van der Waals surface area contributed by atoms with Crippen molar-refractivity contribution in [3.63, 3.8) is 0 Å². The molecule has 0 bridgehead atoms. The second-order valence-corrected chi connectivity index (χ2v) is 4.96. The molecule has 0 heterocycles. The van der Waals surface area contributed by atoms with Gasteiger partial charge in [-0.15, -0.1) is 11.8 Å². The molecule has 1 fully saturated rings. The van der Waals surface area contributed by atoms with Crippen LogP contribution in [0.2, 0.25) is 0 Å². The summed E-state index contributed by atoms with van der Waals surface area (Å²) in [6.07, 6.45) is 7.54. The van der Waals surface area contributed by atoms with Gasteiger partial charge in [-0.2, -0.15) is 0 Å².